The molecule has 2 amide bonds. The number of hydrogen-bond donors (Lipinski definition) is 2. The Labute approximate surface area is 159 Å². The summed E-state index contributed by atoms with van der Waals surface area (Å²) in [7, 11) is 0. The zero-order valence-electron chi connectivity index (χ0n) is 14.8. The molecule has 2 aliphatic rings. The molecule has 3 N–H and O–H groups in total. The number of carbonyl (C=O) groups is 2. The highest BCUT2D eigenvalue weighted by Crippen LogP contribution is 2.29. The van der Waals surface area contributed by atoms with Crippen LogP contribution >= 0.6 is 23.7 Å². The average Bonchev–Trinajstić information content (AvgIpc) is 3.03. The van der Waals surface area contributed by atoms with Gasteiger partial charge in [-0.2, -0.15) is 0 Å². The van der Waals surface area contributed by atoms with Gasteiger partial charge in [0.1, 0.15) is 0 Å². The van der Waals surface area contributed by atoms with Crippen molar-refractivity contribution in [3.8, 4) is 0 Å². The molecule has 0 bridgehead atoms. The maximum atomic E-state index is 12.5. The molecule has 1 aliphatic carbocycles. The first-order valence-corrected chi connectivity index (χ1v) is 9.79. The molecular formula is C18H28ClN3O2S. The normalized spacial score (nSPS) is 22.7. The van der Waals surface area contributed by atoms with Gasteiger partial charge in [0, 0.05) is 24.0 Å². The molecule has 2 heterocycles. The molecule has 140 valence electrons. The molecule has 1 aromatic heterocycles. The summed E-state index contributed by atoms with van der Waals surface area (Å²) in [5.41, 5.74) is 7.13. The zero-order valence-corrected chi connectivity index (χ0v) is 16.4. The van der Waals surface area contributed by atoms with Crippen LogP contribution in [0.1, 0.15) is 52.7 Å². The van der Waals surface area contributed by atoms with Crippen LogP contribution in [-0.2, 0) is 17.6 Å². The Bertz CT molecular complexity index is 596. The van der Waals surface area contributed by atoms with E-state index in [-0.39, 0.29) is 36.8 Å². The van der Waals surface area contributed by atoms with Crippen LogP contribution in [0, 0.1) is 5.92 Å². The SMILES string of the molecule is CC1CCN(C(=O)CNC(=O)c2cc3c(s2)CCCC3)C(CN)C1.Cl. The first kappa shape index (κ1) is 20.2. The molecule has 1 aromatic rings. The molecule has 3 rings (SSSR count). The number of halogens is 1. The minimum atomic E-state index is -0.127. The molecule has 2 unspecified atom stereocenters. The maximum absolute atomic E-state index is 12.5. The predicted molar refractivity (Wildman–Crippen MR) is 103 cm³/mol. The molecule has 0 radical (unpaired) electrons. The van der Waals surface area contributed by atoms with Crippen molar-refractivity contribution in [3.05, 3.63) is 21.4 Å². The number of carbonyl (C=O) groups excluding carboxylic acids is 2. The molecule has 2 atom stereocenters. The van der Waals surface area contributed by atoms with Crippen LogP contribution in [0.15, 0.2) is 6.07 Å². The van der Waals surface area contributed by atoms with E-state index in [2.05, 4.69) is 12.2 Å². The summed E-state index contributed by atoms with van der Waals surface area (Å²) in [5, 5.41) is 2.80. The van der Waals surface area contributed by atoms with Crippen LogP contribution < -0.4 is 11.1 Å². The van der Waals surface area contributed by atoms with E-state index >= 15 is 0 Å². The van der Waals surface area contributed by atoms with E-state index < -0.39 is 0 Å². The number of amides is 2. The van der Waals surface area contributed by atoms with Crippen molar-refractivity contribution in [3.63, 3.8) is 0 Å². The van der Waals surface area contributed by atoms with Crippen molar-refractivity contribution >= 4 is 35.6 Å². The largest absolute Gasteiger partial charge is 0.342 e. The molecule has 0 saturated carbocycles. The summed E-state index contributed by atoms with van der Waals surface area (Å²) in [5.74, 6) is 0.457. The lowest BCUT2D eigenvalue weighted by Crippen LogP contribution is -2.52. The van der Waals surface area contributed by atoms with E-state index in [1.165, 1.54) is 23.3 Å². The number of fused-ring (bicyclic) bond motifs is 1. The van der Waals surface area contributed by atoms with E-state index in [4.69, 9.17) is 5.73 Å². The topological polar surface area (TPSA) is 75.4 Å². The summed E-state index contributed by atoms with van der Waals surface area (Å²) in [6.07, 6.45) is 6.53. The van der Waals surface area contributed by atoms with Gasteiger partial charge in [-0.1, -0.05) is 6.92 Å². The summed E-state index contributed by atoms with van der Waals surface area (Å²) >= 11 is 1.58. The zero-order chi connectivity index (χ0) is 17.1. The minimum absolute atomic E-state index is 0. The highest BCUT2D eigenvalue weighted by atomic mass is 35.5. The lowest BCUT2D eigenvalue weighted by Gasteiger charge is -2.38. The van der Waals surface area contributed by atoms with Gasteiger partial charge in [-0.15, -0.1) is 23.7 Å². The highest BCUT2D eigenvalue weighted by Gasteiger charge is 2.29. The Morgan fingerprint density at radius 2 is 2.12 bits per heavy atom. The Morgan fingerprint density at radius 1 is 1.36 bits per heavy atom. The van der Waals surface area contributed by atoms with Gasteiger partial charge in [-0.25, -0.2) is 0 Å². The van der Waals surface area contributed by atoms with Gasteiger partial charge in [0.15, 0.2) is 0 Å². The fourth-order valence-electron chi connectivity index (χ4n) is 3.75. The van der Waals surface area contributed by atoms with E-state index in [0.29, 0.717) is 12.5 Å². The van der Waals surface area contributed by atoms with Crippen molar-refractivity contribution in [2.24, 2.45) is 11.7 Å². The second-order valence-corrected chi connectivity index (χ2v) is 8.19. The molecule has 0 spiro atoms. The molecule has 25 heavy (non-hydrogen) atoms. The van der Waals surface area contributed by atoms with Gasteiger partial charge >= 0.3 is 0 Å². The number of nitrogens with one attached hydrogen (secondary N) is 1. The van der Waals surface area contributed by atoms with Gasteiger partial charge in [0.05, 0.1) is 11.4 Å². The molecule has 1 saturated heterocycles. The molecular weight excluding hydrogens is 358 g/mol. The summed E-state index contributed by atoms with van der Waals surface area (Å²) in [6.45, 7) is 3.49. The summed E-state index contributed by atoms with van der Waals surface area (Å²) in [4.78, 5) is 28.7. The van der Waals surface area contributed by atoms with Crippen LogP contribution in [0.4, 0.5) is 0 Å². The van der Waals surface area contributed by atoms with E-state index in [1.807, 2.05) is 11.0 Å². The third kappa shape index (κ3) is 4.74. The van der Waals surface area contributed by atoms with Gasteiger partial charge in [-0.3, -0.25) is 9.59 Å². The molecule has 1 fully saturated rings. The van der Waals surface area contributed by atoms with E-state index in [9.17, 15) is 9.59 Å². The lowest BCUT2D eigenvalue weighted by molar-refractivity contribution is -0.134. The summed E-state index contributed by atoms with van der Waals surface area (Å²) < 4.78 is 0. The van der Waals surface area contributed by atoms with Gasteiger partial charge < -0.3 is 16.0 Å². The fraction of sp³-hybridized carbons (Fsp3) is 0.667. The average molecular weight is 386 g/mol. The number of hydrogen-bond acceptors (Lipinski definition) is 4. The number of nitrogens with two attached hydrogens (primary N) is 1. The third-order valence-corrected chi connectivity index (χ3v) is 6.43. The minimum Gasteiger partial charge on any atom is -0.342 e. The molecule has 1 aliphatic heterocycles. The van der Waals surface area contributed by atoms with Gasteiger partial charge in [0.2, 0.25) is 5.91 Å². The number of piperidine rings is 1. The Morgan fingerprint density at radius 3 is 2.84 bits per heavy atom. The summed E-state index contributed by atoms with van der Waals surface area (Å²) in [6, 6.07) is 2.11. The van der Waals surface area contributed by atoms with Crippen LogP contribution in [0.3, 0.4) is 0 Å². The number of rotatable bonds is 4. The van der Waals surface area contributed by atoms with Crippen LogP contribution in [0.25, 0.3) is 0 Å². The van der Waals surface area contributed by atoms with Crippen LogP contribution in [0.2, 0.25) is 0 Å². The van der Waals surface area contributed by atoms with Gasteiger partial charge in [0.25, 0.3) is 5.91 Å². The fourth-order valence-corrected chi connectivity index (χ4v) is 4.92. The van der Waals surface area contributed by atoms with Crippen molar-refractivity contribution in [1.82, 2.24) is 10.2 Å². The first-order valence-electron chi connectivity index (χ1n) is 8.97. The molecule has 5 nitrogen and oxygen atoms in total. The molecule has 0 aromatic carbocycles. The standard InChI is InChI=1S/C18H27N3O2S.ClH/c1-12-6-7-21(14(8-12)10-19)17(22)11-20-18(23)16-9-13-4-2-3-5-15(13)24-16;/h9,12,14H,2-8,10-11,19H2,1H3,(H,20,23);1H. The predicted octanol–water partition coefficient (Wildman–Crippen LogP) is 2.36. The van der Waals surface area contributed by atoms with E-state index in [1.54, 1.807) is 11.3 Å². The number of thiophene rings is 1. The lowest BCUT2D eigenvalue weighted by atomic mass is 9.92. The Hall–Kier alpha value is -1.11. The number of likely N-dealkylation sites (tertiary alicyclic amines) is 1. The van der Waals surface area contributed by atoms with Crippen molar-refractivity contribution in [2.45, 2.75) is 51.5 Å². The van der Waals surface area contributed by atoms with E-state index in [0.717, 1.165) is 37.1 Å². The maximum Gasteiger partial charge on any atom is 0.261 e. The quantitative estimate of drug-likeness (QED) is 0.835. The monoisotopic (exact) mass is 385 g/mol. The van der Waals surface area contributed by atoms with Crippen molar-refractivity contribution < 1.29 is 9.59 Å². The van der Waals surface area contributed by atoms with Crippen molar-refractivity contribution in [1.29, 1.82) is 0 Å². The van der Waals surface area contributed by atoms with Crippen LogP contribution in [0.5, 0.6) is 0 Å². The number of nitrogens with zero attached hydrogens (tertiary/aromatic N) is 1. The molecule has 7 heteroatoms. The smallest absolute Gasteiger partial charge is 0.261 e. The van der Waals surface area contributed by atoms with Crippen LogP contribution in [-0.4, -0.2) is 42.4 Å². The van der Waals surface area contributed by atoms with Gasteiger partial charge in [-0.05, 0) is 56.1 Å². The van der Waals surface area contributed by atoms with Crippen molar-refractivity contribution in [2.75, 3.05) is 19.6 Å². The second kappa shape index (κ2) is 9.01. The Kier molecular flexibility index (Phi) is 7.28. The third-order valence-electron chi connectivity index (χ3n) is 5.19. The highest BCUT2D eigenvalue weighted by molar-refractivity contribution is 7.14. The Balaban J connectivity index is 0.00000225. The number of aryl methyl sites for hydroxylation is 2. The first-order chi connectivity index (χ1) is 11.6. The second-order valence-electron chi connectivity index (χ2n) is 7.06.